The molecule has 0 aliphatic carbocycles. The van der Waals surface area contributed by atoms with Gasteiger partial charge in [0.15, 0.2) is 0 Å². The van der Waals surface area contributed by atoms with Crippen LogP contribution < -0.4 is 4.90 Å². The van der Waals surface area contributed by atoms with E-state index in [0.717, 1.165) is 42.5 Å². The lowest BCUT2D eigenvalue weighted by molar-refractivity contribution is -0.108. The lowest BCUT2D eigenvalue weighted by Gasteiger charge is -2.29. The maximum atomic E-state index is 10.6. The van der Waals surface area contributed by atoms with Crippen LogP contribution in [-0.2, 0) is 11.2 Å². The van der Waals surface area contributed by atoms with Crippen LogP contribution in [0.4, 0.5) is 5.69 Å². The van der Waals surface area contributed by atoms with E-state index in [-0.39, 0.29) is 5.92 Å². The van der Waals surface area contributed by atoms with Crippen molar-refractivity contribution in [3.63, 3.8) is 0 Å². The summed E-state index contributed by atoms with van der Waals surface area (Å²) in [5.41, 5.74) is 3.05. The molecule has 1 aromatic rings. The molecule has 0 saturated carbocycles. The molecule has 0 radical (unpaired) electrons. The monoisotopic (exact) mass is 233 g/mol. The summed E-state index contributed by atoms with van der Waals surface area (Å²) in [6.45, 7) is 3.01. The van der Waals surface area contributed by atoms with Gasteiger partial charge in [-0.2, -0.15) is 0 Å². The standard InChI is InChI=1S/C14H19NO2/c1-10(7-9-16)11-5-6-13-12(14(11)17)4-3-8-15(13)2/h5-6,9-10,17H,3-4,7-8H2,1-2H3. The van der Waals surface area contributed by atoms with Crippen LogP contribution in [-0.4, -0.2) is 25.0 Å². The number of nitrogens with zero attached hydrogens (tertiary/aromatic N) is 1. The highest BCUT2D eigenvalue weighted by molar-refractivity contribution is 5.64. The first kappa shape index (κ1) is 12.0. The Morgan fingerprint density at radius 1 is 1.53 bits per heavy atom. The summed E-state index contributed by atoms with van der Waals surface area (Å²) in [6, 6.07) is 4.01. The second kappa shape index (κ2) is 4.78. The van der Waals surface area contributed by atoms with Gasteiger partial charge in [0.25, 0.3) is 0 Å². The van der Waals surface area contributed by atoms with Crippen LogP contribution in [0.25, 0.3) is 0 Å². The first-order valence-electron chi connectivity index (χ1n) is 6.14. The van der Waals surface area contributed by atoms with Crippen LogP contribution in [0, 0.1) is 0 Å². The van der Waals surface area contributed by atoms with Gasteiger partial charge in [0.05, 0.1) is 0 Å². The molecule has 1 N–H and O–H groups in total. The fraction of sp³-hybridized carbons (Fsp3) is 0.500. The predicted molar refractivity (Wildman–Crippen MR) is 68.8 cm³/mol. The third kappa shape index (κ3) is 2.14. The topological polar surface area (TPSA) is 40.5 Å². The molecule has 0 spiro atoms. The van der Waals surface area contributed by atoms with E-state index in [9.17, 15) is 9.90 Å². The second-order valence-corrected chi connectivity index (χ2v) is 4.83. The number of carbonyl (C=O) groups excluding carboxylic acids is 1. The number of phenols is 1. The van der Waals surface area contributed by atoms with Gasteiger partial charge in [-0.3, -0.25) is 0 Å². The Bertz CT molecular complexity index is 428. The maximum absolute atomic E-state index is 10.6. The Hall–Kier alpha value is -1.51. The van der Waals surface area contributed by atoms with Crippen molar-refractivity contribution in [1.82, 2.24) is 0 Å². The summed E-state index contributed by atoms with van der Waals surface area (Å²) in [5.74, 6) is 0.480. The molecule has 1 atom stereocenters. The van der Waals surface area contributed by atoms with E-state index in [0.29, 0.717) is 12.2 Å². The van der Waals surface area contributed by atoms with Crippen molar-refractivity contribution in [3.8, 4) is 5.75 Å². The number of fused-ring (bicyclic) bond motifs is 1. The fourth-order valence-corrected chi connectivity index (χ4v) is 2.53. The van der Waals surface area contributed by atoms with Crippen molar-refractivity contribution in [1.29, 1.82) is 0 Å². The van der Waals surface area contributed by atoms with Crippen molar-refractivity contribution in [2.24, 2.45) is 0 Å². The highest BCUT2D eigenvalue weighted by Gasteiger charge is 2.21. The number of aldehydes is 1. The molecule has 1 aliphatic heterocycles. The van der Waals surface area contributed by atoms with E-state index in [4.69, 9.17) is 0 Å². The Labute approximate surface area is 102 Å². The first-order valence-corrected chi connectivity index (χ1v) is 6.14. The number of benzene rings is 1. The van der Waals surface area contributed by atoms with Crippen molar-refractivity contribution in [2.45, 2.75) is 32.1 Å². The summed E-state index contributed by atoms with van der Waals surface area (Å²) in [4.78, 5) is 12.7. The SMILES string of the molecule is CC(CC=O)c1ccc2c(c1O)CCCN2C. The third-order valence-electron chi connectivity index (χ3n) is 3.60. The molecule has 0 bridgehead atoms. The van der Waals surface area contributed by atoms with Gasteiger partial charge in [-0.25, -0.2) is 0 Å². The second-order valence-electron chi connectivity index (χ2n) is 4.83. The molecule has 0 fully saturated rings. The van der Waals surface area contributed by atoms with Crippen LogP contribution in [0.15, 0.2) is 12.1 Å². The van der Waals surface area contributed by atoms with Crippen LogP contribution in [0.1, 0.15) is 36.8 Å². The van der Waals surface area contributed by atoms with Gasteiger partial charge >= 0.3 is 0 Å². The molecule has 3 heteroatoms. The molecule has 92 valence electrons. The van der Waals surface area contributed by atoms with E-state index in [1.807, 2.05) is 20.0 Å². The van der Waals surface area contributed by atoms with Crippen molar-refractivity contribution >= 4 is 12.0 Å². The molecule has 3 nitrogen and oxygen atoms in total. The molecule has 17 heavy (non-hydrogen) atoms. The van der Waals surface area contributed by atoms with Gasteiger partial charge in [0.1, 0.15) is 12.0 Å². The maximum Gasteiger partial charge on any atom is 0.124 e. The summed E-state index contributed by atoms with van der Waals surface area (Å²) in [7, 11) is 2.05. The highest BCUT2D eigenvalue weighted by atomic mass is 16.3. The Morgan fingerprint density at radius 2 is 2.29 bits per heavy atom. The molecular weight excluding hydrogens is 214 g/mol. The molecule has 0 aromatic heterocycles. The zero-order chi connectivity index (χ0) is 12.4. The lowest BCUT2D eigenvalue weighted by Crippen LogP contribution is -2.24. The molecule has 1 heterocycles. The minimum absolute atomic E-state index is 0.0880. The zero-order valence-electron chi connectivity index (χ0n) is 10.4. The van der Waals surface area contributed by atoms with Gasteiger partial charge in [-0.15, -0.1) is 0 Å². The molecule has 1 unspecified atom stereocenters. The zero-order valence-corrected chi connectivity index (χ0v) is 10.4. The highest BCUT2D eigenvalue weighted by Crippen LogP contribution is 2.38. The molecule has 1 aliphatic rings. The summed E-state index contributed by atoms with van der Waals surface area (Å²) < 4.78 is 0. The van der Waals surface area contributed by atoms with E-state index in [1.54, 1.807) is 0 Å². The predicted octanol–water partition coefficient (Wildman–Crippen LogP) is 2.47. The average Bonchev–Trinajstić information content (AvgIpc) is 2.31. The van der Waals surface area contributed by atoms with Crippen molar-refractivity contribution in [3.05, 3.63) is 23.3 Å². The lowest BCUT2D eigenvalue weighted by atomic mass is 9.91. The molecule has 2 rings (SSSR count). The van der Waals surface area contributed by atoms with E-state index in [2.05, 4.69) is 11.0 Å². The van der Waals surface area contributed by atoms with Gasteiger partial charge in [-0.05, 0) is 30.4 Å². The number of hydrogen-bond acceptors (Lipinski definition) is 3. The number of carbonyl (C=O) groups is 1. The van der Waals surface area contributed by atoms with E-state index in [1.165, 1.54) is 0 Å². The van der Waals surface area contributed by atoms with Gasteiger partial charge in [0.2, 0.25) is 0 Å². The largest absolute Gasteiger partial charge is 0.507 e. The van der Waals surface area contributed by atoms with Crippen LogP contribution in [0.2, 0.25) is 0 Å². The summed E-state index contributed by atoms with van der Waals surface area (Å²) in [5, 5.41) is 10.3. The number of phenolic OH excluding ortho intramolecular Hbond substituents is 1. The molecular formula is C14H19NO2. The van der Waals surface area contributed by atoms with Crippen molar-refractivity contribution < 1.29 is 9.90 Å². The van der Waals surface area contributed by atoms with Crippen molar-refractivity contribution in [2.75, 3.05) is 18.5 Å². The summed E-state index contributed by atoms with van der Waals surface area (Å²) in [6.07, 6.45) is 3.37. The normalized spacial score (nSPS) is 16.5. The van der Waals surface area contributed by atoms with Gasteiger partial charge in [0, 0.05) is 31.3 Å². The van der Waals surface area contributed by atoms with E-state index >= 15 is 0 Å². The Balaban J connectivity index is 2.41. The number of rotatable bonds is 3. The average molecular weight is 233 g/mol. The molecule has 1 aromatic carbocycles. The minimum Gasteiger partial charge on any atom is -0.507 e. The molecule has 0 amide bonds. The van der Waals surface area contributed by atoms with E-state index < -0.39 is 0 Å². The van der Waals surface area contributed by atoms with Gasteiger partial charge in [-0.1, -0.05) is 13.0 Å². The van der Waals surface area contributed by atoms with Crippen LogP contribution >= 0.6 is 0 Å². The molecule has 0 saturated heterocycles. The summed E-state index contributed by atoms with van der Waals surface area (Å²) >= 11 is 0. The number of hydrogen-bond donors (Lipinski definition) is 1. The third-order valence-corrected chi connectivity index (χ3v) is 3.60. The Kier molecular flexibility index (Phi) is 3.36. The first-order chi connectivity index (χ1) is 8.15. The number of aromatic hydroxyl groups is 1. The number of anilines is 1. The Morgan fingerprint density at radius 3 is 3.00 bits per heavy atom. The van der Waals surface area contributed by atoms with Gasteiger partial charge < -0.3 is 14.8 Å². The minimum atomic E-state index is 0.0880. The van der Waals surface area contributed by atoms with Crippen LogP contribution in [0.3, 0.4) is 0 Å². The quantitative estimate of drug-likeness (QED) is 0.815. The fourth-order valence-electron chi connectivity index (χ4n) is 2.53. The van der Waals surface area contributed by atoms with Crippen LogP contribution in [0.5, 0.6) is 5.75 Å². The smallest absolute Gasteiger partial charge is 0.124 e.